The fraction of sp³-hybridized carbons (Fsp3) is 0.154. The van der Waals surface area contributed by atoms with Crippen molar-refractivity contribution < 1.29 is 13.5 Å². The molecule has 0 saturated carbocycles. The highest BCUT2D eigenvalue weighted by molar-refractivity contribution is 9.10. The van der Waals surface area contributed by atoms with Crippen molar-refractivity contribution in [1.29, 1.82) is 0 Å². The Balaban J connectivity index is 2.13. The molecule has 1 aromatic carbocycles. The Morgan fingerprint density at radius 2 is 1.89 bits per heavy atom. The zero-order valence-electron chi connectivity index (χ0n) is 10.0. The summed E-state index contributed by atoms with van der Waals surface area (Å²) in [6, 6.07) is 8.12. The molecule has 1 heterocycles. The Hall–Kier alpha value is -1.69. The number of hydrogen-bond acceptors (Lipinski definition) is 3. The summed E-state index contributed by atoms with van der Waals surface area (Å²) in [4.78, 5) is 4.20. The van der Waals surface area contributed by atoms with Gasteiger partial charge in [-0.25, -0.2) is 4.98 Å². The second kappa shape index (κ2) is 5.97. The zero-order chi connectivity index (χ0) is 13.8. The van der Waals surface area contributed by atoms with Gasteiger partial charge in [-0.1, -0.05) is 0 Å². The molecule has 1 aromatic heterocycles. The lowest BCUT2D eigenvalue weighted by Gasteiger charge is -2.10. The van der Waals surface area contributed by atoms with E-state index in [1.54, 1.807) is 18.3 Å². The van der Waals surface area contributed by atoms with Crippen LogP contribution in [0.15, 0.2) is 41.0 Å². The molecule has 6 heteroatoms. The van der Waals surface area contributed by atoms with Gasteiger partial charge in [0, 0.05) is 11.9 Å². The Morgan fingerprint density at radius 1 is 1.21 bits per heavy atom. The average molecular weight is 329 g/mol. The van der Waals surface area contributed by atoms with Gasteiger partial charge in [-0.15, -0.1) is 0 Å². The fourth-order valence-corrected chi connectivity index (χ4v) is 1.82. The van der Waals surface area contributed by atoms with Crippen LogP contribution in [-0.2, 0) is 0 Å². The number of alkyl halides is 2. The second-order valence-corrected chi connectivity index (χ2v) is 4.61. The number of nitrogens with one attached hydrogen (secondary N) is 1. The Bertz CT molecular complexity index is 561. The summed E-state index contributed by atoms with van der Waals surface area (Å²) in [7, 11) is 0. The van der Waals surface area contributed by atoms with Gasteiger partial charge in [0.1, 0.15) is 11.6 Å². The SMILES string of the molecule is Cc1ccnc(Nc2ccc(OC(F)F)cc2)c1Br. The van der Waals surface area contributed by atoms with Gasteiger partial charge in [0.25, 0.3) is 0 Å². The lowest BCUT2D eigenvalue weighted by Crippen LogP contribution is -2.02. The molecule has 0 spiro atoms. The van der Waals surface area contributed by atoms with Gasteiger partial charge in [0.05, 0.1) is 4.47 Å². The van der Waals surface area contributed by atoms with Crippen LogP contribution in [0, 0.1) is 6.92 Å². The van der Waals surface area contributed by atoms with E-state index in [1.165, 1.54) is 12.1 Å². The van der Waals surface area contributed by atoms with Gasteiger partial charge in [-0.05, 0) is 58.7 Å². The van der Waals surface area contributed by atoms with Crippen LogP contribution >= 0.6 is 15.9 Å². The van der Waals surface area contributed by atoms with Crippen molar-refractivity contribution in [1.82, 2.24) is 4.98 Å². The minimum absolute atomic E-state index is 0.122. The van der Waals surface area contributed by atoms with E-state index in [9.17, 15) is 8.78 Å². The van der Waals surface area contributed by atoms with Crippen molar-refractivity contribution in [3.63, 3.8) is 0 Å². The van der Waals surface area contributed by atoms with E-state index >= 15 is 0 Å². The van der Waals surface area contributed by atoms with Crippen LogP contribution in [0.25, 0.3) is 0 Å². The molecule has 1 N–H and O–H groups in total. The van der Waals surface area contributed by atoms with Crippen LogP contribution < -0.4 is 10.1 Å². The van der Waals surface area contributed by atoms with Gasteiger partial charge in [-0.2, -0.15) is 8.78 Å². The summed E-state index contributed by atoms with van der Waals surface area (Å²) in [5.74, 6) is 0.791. The summed E-state index contributed by atoms with van der Waals surface area (Å²) in [5.41, 5.74) is 1.79. The van der Waals surface area contributed by atoms with Crippen molar-refractivity contribution in [3.8, 4) is 5.75 Å². The average Bonchev–Trinajstić information content (AvgIpc) is 2.37. The molecular weight excluding hydrogens is 318 g/mol. The highest BCUT2D eigenvalue weighted by Gasteiger charge is 2.06. The number of aromatic nitrogens is 1. The molecule has 0 aliphatic heterocycles. The highest BCUT2D eigenvalue weighted by Crippen LogP contribution is 2.27. The predicted octanol–water partition coefficient (Wildman–Crippen LogP) is 4.50. The van der Waals surface area contributed by atoms with E-state index in [0.29, 0.717) is 5.82 Å². The first-order valence-electron chi connectivity index (χ1n) is 5.49. The van der Waals surface area contributed by atoms with Gasteiger partial charge >= 0.3 is 6.61 Å². The number of benzene rings is 1. The normalized spacial score (nSPS) is 10.6. The highest BCUT2D eigenvalue weighted by atomic mass is 79.9. The maximum absolute atomic E-state index is 12.0. The summed E-state index contributed by atoms with van der Waals surface area (Å²) >= 11 is 3.44. The molecule has 0 bridgehead atoms. The molecule has 0 atom stereocenters. The van der Waals surface area contributed by atoms with E-state index in [1.807, 2.05) is 13.0 Å². The Labute approximate surface area is 117 Å². The van der Waals surface area contributed by atoms with Crippen molar-refractivity contribution >= 4 is 27.4 Å². The predicted molar refractivity (Wildman–Crippen MR) is 73.0 cm³/mol. The van der Waals surface area contributed by atoms with Crippen molar-refractivity contribution in [2.45, 2.75) is 13.5 Å². The number of anilines is 2. The van der Waals surface area contributed by atoms with Crippen LogP contribution in [0.1, 0.15) is 5.56 Å². The third-order valence-corrected chi connectivity index (χ3v) is 3.43. The lowest BCUT2D eigenvalue weighted by atomic mass is 10.2. The van der Waals surface area contributed by atoms with Gasteiger partial charge < -0.3 is 10.1 Å². The van der Waals surface area contributed by atoms with E-state index in [-0.39, 0.29) is 5.75 Å². The smallest absolute Gasteiger partial charge is 0.387 e. The van der Waals surface area contributed by atoms with E-state index in [4.69, 9.17) is 0 Å². The molecule has 19 heavy (non-hydrogen) atoms. The molecule has 0 fully saturated rings. The molecule has 2 rings (SSSR count). The van der Waals surface area contributed by atoms with Crippen molar-refractivity contribution in [2.24, 2.45) is 0 Å². The molecule has 0 saturated heterocycles. The van der Waals surface area contributed by atoms with Crippen LogP contribution in [0.2, 0.25) is 0 Å². The molecule has 0 radical (unpaired) electrons. The number of nitrogens with zero attached hydrogens (tertiary/aromatic N) is 1. The Kier molecular flexibility index (Phi) is 4.31. The largest absolute Gasteiger partial charge is 0.435 e. The standard InChI is InChI=1S/C13H11BrF2N2O/c1-8-6-7-17-12(11(8)14)18-9-2-4-10(5-3-9)19-13(15)16/h2-7,13H,1H3,(H,17,18). The quantitative estimate of drug-likeness (QED) is 0.897. The fourth-order valence-electron chi connectivity index (χ4n) is 1.48. The van der Waals surface area contributed by atoms with Crippen LogP contribution in [0.3, 0.4) is 0 Å². The maximum Gasteiger partial charge on any atom is 0.387 e. The van der Waals surface area contributed by atoms with Crippen molar-refractivity contribution in [3.05, 3.63) is 46.6 Å². The summed E-state index contributed by atoms with van der Waals surface area (Å²) < 4.78 is 29.2. The van der Waals surface area contributed by atoms with Gasteiger partial charge in [0.15, 0.2) is 0 Å². The molecule has 3 nitrogen and oxygen atoms in total. The molecule has 0 amide bonds. The number of hydrogen-bond donors (Lipinski definition) is 1. The lowest BCUT2D eigenvalue weighted by molar-refractivity contribution is -0.0498. The number of rotatable bonds is 4. The van der Waals surface area contributed by atoms with Gasteiger partial charge in [0.2, 0.25) is 0 Å². The van der Waals surface area contributed by atoms with E-state index in [2.05, 4.69) is 31.0 Å². The third kappa shape index (κ3) is 3.64. The van der Waals surface area contributed by atoms with Crippen molar-refractivity contribution in [2.75, 3.05) is 5.32 Å². The Morgan fingerprint density at radius 3 is 2.53 bits per heavy atom. The maximum atomic E-state index is 12.0. The first kappa shape index (κ1) is 13.7. The number of aryl methyl sites for hydroxylation is 1. The molecule has 2 aromatic rings. The first-order chi connectivity index (χ1) is 9.06. The third-order valence-electron chi connectivity index (χ3n) is 2.42. The molecule has 100 valence electrons. The minimum atomic E-state index is -2.81. The van der Waals surface area contributed by atoms with Gasteiger partial charge in [-0.3, -0.25) is 0 Å². The van der Waals surface area contributed by atoms with Crippen LogP contribution in [-0.4, -0.2) is 11.6 Å². The van der Waals surface area contributed by atoms with E-state index in [0.717, 1.165) is 15.7 Å². The molecule has 0 aliphatic carbocycles. The number of halogens is 3. The topological polar surface area (TPSA) is 34.2 Å². The molecular formula is C13H11BrF2N2O. The molecule has 0 unspecified atom stereocenters. The number of ether oxygens (including phenoxy) is 1. The summed E-state index contributed by atoms with van der Waals surface area (Å²) in [6.45, 7) is -0.859. The second-order valence-electron chi connectivity index (χ2n) is 3.82. The minimum Gasteiger partial charge on any atom is -0.435 e. The summed E-state index contributed by atoms with van der Waals surface area (Å²) in [6.07, 6.45) is 1.69. The number of pyridine rings is 1. The zero-order valence-corrected chi connectivity index (χ0v) is 11.6. The summed E-state index contributed by atoms with van der Waals surface area (Å²) in [5, 5.41) is 3.09. The molecule has 0 aliphatic rings. The van der Waals surface area contributed by atoms with E-state index < -0.39 is 6.61 Å². The first-order valence-corrected chi connectivity index (χ1v) is 6.28. The monoisotopic (exact) mass is 328 g/mol. The van der Waals surface area contributed by atoms with Crippen LogP contribution in [0.4, 0.5) is 20.3 Å². The van der Waals surface area contributed by atoms with Crippen LogP contribution in [0.5, 0.6) is 5.75 Å².